The predicted molar refractivity (Wildman–Crippen MR) is 74.8 cm³/mol. The van der Waals surface area contributed by atoms with Crippen molar-refractivity contribution < 1.29 is 4.74 Å². The van der Waals surface area contributed by atoms with E-state index in [1.165, 1.54) is 0 Å². The van der Waals surface area contributed by atoms with E-state index in [-0.39, 0.29) is 0 Å². The second-order valence-corrected chi connectivity index (χ2v) is 4.57. The molecule has 0 unspecified atom stereocenters. The van der Waals surface area contributed by atoms with Crippen LogP contribution in [0.1, 0.15) is 16.7 Å². The van der Waals surface area contributed by atoms with Crippen molar-refractivity contribution in [3.63, 3.8) is 0 Å². The summed E-state index contributed by atoms with van der Waals surface area (Å²) in [5, 5.41) is 0. The van der Waals surface area contributed by atoms with Crippen LogP contribution in [0.3, 0.4) is 0 Å². The number of hydrogen-bond acceptors (Lipinski definition) is 3. The molecule has 0 aliphatic heterocycles. The number of aryl methyl sites for hydroxylation is 3. The molecular weight excluding hydrogens is 224 g/mol. The Kier molecular flexibility index (Phi) is 3.24. The average Bonchev–Trinajstić information content (AvgIpc) is 2.28. The van der Waals surface area contributed by atoms with Crippen LogP contribution in [0.15, 0.2) is 24.4 Å². The van der Waals surface area contributed by atoms with Gasteiger partial charge in [0.2, 0.25) is 0 Å². The van der Waals surface area contributed by atoms with Gasteiger partial charge in [0.05, 0.1) is 7.11 Å². The largest absolute Gasteiger partial charge is 0.496 e. The van der Waals surface area contributed by atoms with Crippen molar-refractivity contribution in [1.82, 2.24) is 4.98 Å². The van der Waals surface area contributed by atoms with E-state index in [4.69, 9.17) is 10.5 Å². The van der Waals surface area contributed by atoms with Crippen molar-refractivity contribution in [3.05, 3.63) is 41.1 Å². The first-order chi connectivity index (χ1) is 8.52. The third-order valence-electron chi connectivity index (χ3n) is 3.11. The average molecular weight is 242 g/mol. The van der Waals surface area contributed by atoms with Gasteiger partial charge in [0.25, 0.3) is 0 Å². The van der Waals surface area contributed by atoms with Gasteiger partial charge < -0.3 is 10.5 Å². The van der Waals surface area contributed by atoms with Gasteiger partial charge in [-0.05, 0) is 61.2 Å². The van der Waals surface area contributed by atoms with E-state index in [1.807, 2.05) is 19.2 Å². The SMILES string of the molecule is COc1c(C)cc(-c2cnc(N)cc2C)cc1C. The molecule has 18 heavy (non-hydrogen) atoms. The highest BCUT2D eigenvalue weighted by Crippen LogP contribution is 2.31. The van der Waals surface area contributed by atoms with Crippen LogP contribution in [0.5, 0.6) is 5.75 Å². The number of aromatic nitrogens is 1. The van der Waals surface area contributed by atoms with Crippen LogP contribution >= 0.6 is 0 Å². The van der Waals surface area contributed by atoms with E-state index < -0.39 is 0 Å². The smallest absolute Gasteiger partial charge is 0.124 e. The highest BCUT2D eigenvalue weighted by atomic mass is 16.5. The summed E-state index contributed by atoms with van der Waals surface area (Å²) < 4.78 is 5.38. The molecule has 0 spiro atoms. The zero-order valence-electron chi connectivity index (χ0n) is 11.2. The second kappa shape index (κ2) is 4.69. The van der Waals surface area contributed by atoms with Gasteiger partial charge in [-0.2, -0.15) is 0 Å². The molecule has 0 atom stereocenters. The molecule has 1 aromatic heterocycles. The van der Waals surface area contributed by atoms with Gasteiger partial charge >= 0.3 is 0 Å². The lowest BCUT2D eigenvalue weighted by molar-refractivity contribution is 0.408. The Morgan fingerprint density at radius 3 is 2.11 bits per heavy atom. The van der Waals surface area contributed by atoms with Gasteiger partial charge in [-0.25, -0.2) is 4.98 Å². The summed E-state index contributed by atoms with van der Waals surface area (Å²) >= 11 is 0. The van der Waals surface area contributed by atoms with Crippen molar-refractivity contribution in [3.8, 4) is 16.9 Å². The van der Waals surface area contributed by atoms with Gasteiger partial charge in [-0.3, -0.25) is 0 Å². The highest BCUT2D eigenvalue weighted by Gasteiger charge is 2.09. The number of benzene rings is 1. The van der Waals surface area contributed by atoms with Crippen molar-refractivity contribution >= 4 is 5.82 Å². The molecule has 0 aliphatic carbocycles. The number of methoxy groups -OCH3 is 1. The standard InChI is InChI=1S/C15H18N2O/c1-9-7-14(16)17-8-13(9)12-5-10(2)15(18-4)11(3)6-12/h5-8H,1-4H3,(H2,16,17). The quantitative estimate of drug-likeness (QED) is 0.879. The van der Waals surface area contributed by atoms with Gasteiger partial charge in [0, 0.05) is 11.8 Å². The molecular formula is C15H18N2O. The topological polar surface area (TPSA) is 48.1 Å². The van der Waals surface area contributed by atoms with E-state index in [9.17, 15) is 0 Å². The second-order valence-electron chi connectivity index (χ2n) is 4.57. The van der Waals surface area contributed by atoms with E-state index in [2.05, 4.69) is 31.0 Å². The normalized spacial score (nSPS) is 10.4. The molecule has 1 aromatic carbocycles. The molecule has 2 N–H and O–H groups in total. The minimum Gasteiger partial charge on any atom is -0.496 e. The van der Waals surface area contributed by atoms with Crippen LogP contribution in [0.2, 0.25) is 0 Å². The van der Waals surface area contributed by atoms with Crippen LogP contribution in [0.4, 0.5) is 5.82 Å². The van der Waals surface area contributed by atoms with Crippen LogP contribution in [0.25, 0.3) is 11.1 Å². The maximum Gasteiger partial charge on any atom is 0.124 e. The molecule has 0 saturated carbocycles. The number of hydrogen-bond donors (Lipinski definition) is 1. The number of nitrogens with zero attached hydrogens (tertiary/aromatic N) is 1. The number of nitrogens with two attached hydrogens (primary N) is 1. The van der Waals surface area contributed by atoms with E-state index >= 15 is 0 Å². The maximum absolute atomic E-state index is 5.68. The van der Waals surface area contributed by atoms with Gasteiger partial charge in [0.1, 0.15) is 11.6 Å². The summed E-state index contributed by atoms with van der Waals surface area (Å²) in [6.07, 6.45) is 1.82. The zero-order valence-corrected chi connectivity index (χ0v) is 11.2. The monoisotopic (exact) mass is 242 g/mol. The zero-order chi connectivity index (χ0) is 13.3. The first-order valence-corrected chi connectivity index (χ1v) is 5.90. The number of rotatable bonds is 2. The van der Waals surface area contributed by atoms with Crippen LogP contribution in [0, 0.1) is 20.8 Å². The first kappa shape index (κ1) is 12.4. The summed E-state index contributed by atoms with van der Waals surface area (Å²) in [4.78, 5) is 4.16. The van der Waals surface area contributed by atoms with Crippen molar-refractivity contribution in [2.24, 2.45) is 0 Å². The van der Waals surface area contributed by atoms with Crippen LogP contribution in [-0.4, -0.2) is 12.1 Å². The molecule has 0 fully saturated rings. The first-order valence-electron chi connectivity index (χ1n) is 5.90. The molecule has 0 amide bonds. The fourth-order valence-corrected chi connectivity index (χ4v) is 2.31. The Labute approximate surface area is 108 Å². The van der Waals surface area contributed by atoms with Crippen molar-refractivity contribution in [2.75, 3.05) is 12.8 Å². The summed E-state index contributed by atoms with van der Waals surface area (Å²) in [7, 11) is 1.70. The third kappa shape index (κ3) is 2.16. The highest BCUT2D eigenvalue weighted by molar-refractivity contribution is 5.70. The van der Waals surface area contributed by atoms with Crippen LogP contribution < -0.4 is 10.5 Å². The minimum atomic E-state index is 0.554. The fraction of sp³-hybridized carbons (Fsp3) is 0.267. The lowest BCUT2D eigenvalue weighted by Gasteiger charge is -2.13. The number of ether oxygens (including phenoxy) is 1. The minimum absolute atomic E-state index is 0.554. The molecule has 0 radical (unpaired) electrons. The molecule has 3 heteroatoms. The van der Waals surface area contributed by atoms with E-state index in [1.54, 1.807) is 7.11 Å². The molecule has 3 nitrogen and oxygen atoms in total. The Bertz CT molecular complexity index is 568. The van der Waals surface area contributed by atoms with Crippen molar-refractivity contribution in [1.29, 1.82) is 0 Å². The maximum atomic E-state index is 5.68. The summed E-state index contributed by atoms with van der Waals surface area (Å²) in [6, 6.07) is 6.13. The van der Waals surface area contributed by atoms with Crippen molar-refractivity contribution in [2.45, 2.75) is 20.8 Å². The molecule has 1 heterocycles. The van der Waals surface area contributed by atoms with E-state index in [0.29, 0.717) is 5.82 Å². The molecule has 94 valence electrons. The summed E-state index contributed by atoms with van der Waals surface area (Å²) in [5.41, 5.74) is 11.3. The lowest BCUT2D eigenvalue weighted by atomic mass is 9.98. The Morgan fingerprint density at radius 1 is 1.00 bits per heavy atom. The third-order valence-corrected chi connectivity index (χ3v) is 3.11. The fourth-order valence-electron chi connectivity index (χ4n) is 2.31. The molecule has 2 rings (SSSR count). The summed E-state index contributed by atoms with van der Waals surface area (Å²) in [6.45, 7) is 6.15. The van der Waals surface area contributed by atoms with Gasteiger partial charge in [-0.1, -0.05) is 0 Å². The van der Waals surface area contributed by atoms with Gasteiger partial charge in [0.15, 0.2) is 0 Å². The predicted octanol–water partition coefficient (Wildman–Crippen LogP) is 3.26. The Morgan fingerprint density at radius 2 is 1.61 bits per heavy atom. The summed E-state index contributed by atoms with van der Waals surface area (Å²) in [5.74, 6) is 1.50. The van der Waals surface area contributed by atoms with Gasteiger partial charge in [-0.15, -0.1) is 0 Å². The Hall–Kier alpha value is -2.03. The van der Waals surface area contributed by atoms with E-state index in [0.717, 1.165) is 33.6 Å². The Balaban J connectivity index is 2.58. The lowest BCUT2D eigenvalue weighted by Crippen LogP contribution is -1.95. The molecule has 0 aliphatic rings. The number of pyridine rings is 1. The number of anilines is 1. The van der Waals surface area contributed by atoms with Crippen LogP contribution in [-0.2, 0) is 0 Å². The molecule has 0 bridgehead atoms. The molecule has 0 saturated heterocycles. The number of nitrogen functional groups attached to an aromatic ring is 1. The molecule has 2 aromatic rings.